The van der Waals surface area contributed by atoms with Crippen LogP contribution >= 0.6 is 0 Å². The fourth-order valence-corrected chi connectivity index (χ4v) is 4.14. The molecule has 3 saturated heterocycles. The Morgan fingerprint density at radius 3 is 2.50 bits per heavy atom. The van der Waals surface area contributed by atoms with Crippen LogP contribution in [-0.4, -0.2) is 57.7 Å². The summed E-state index contributed by atoms with van der Waals surface area (Å²) in [7, 11) is -1.89. The van der Waals surface area contributed by atoms with Crippen LogP contribution in [0.25, 0.3) is 0 Å². The maximum Gasteiger partial charge on any atom is 0.192 e. The predicted molar refractivity (Wildman–Crippen MR) is 90.1 cm³/mol. The van der Waals surface area contributed by atoms with Crippen LogP contribution in [0.4, 0.5) is 0 Å². The normalized spacial score (nSPS) is 39.0. The minimum Gasteiger partial charge on any atom is -0.416 e. The summed E-state index contributed by atoms with van der Waals surface area (Å²) in [6.07, 6.45) is -1.86. The minimum atomic E-state index is -1.89. The molecule has 3 fully saturated rings. The molecule has 0 bridgehead atoms. The van der Waals surface area contributed by atoms with Gasteiger partial charge in [-0.2, -0.15) is 0 Å². The molecule has 0 aromatic heterocycles. The fraction of sp³-hybridized carbons (Fsp3) is 0.941. The number of fused-ring (bicyclic) bond motifs is 3. The zero-order valence-electron chi connectivity index (χ0n) is 15.8. The smallest absolute Gasteiger partial charge is 0.192 e. The first-order valence-corrected chi connectivity index (χ1v) is 11.6. The van der Waals surface area contributed by atoms with E-state index in [1.165, 1.54) is 0 Å². The molecule has 3 aliphatic heterocycles. The minimum absolute atomic E-state index is 0.0457. The molecule has 5 atom stereocenters. The molecule has 7 heteroatoms. The summed E-state index contributed by atoms with van der Waals surface area (Å²) < 4.78 is 29.5. The van der Waals surface area contributed by atoms with Gasteiger partial charge in [-0.05, 0) is 32.0 Å². The lowest BCUT2D eigenvalue weighted by Gasteiger charge is -2.38. The lowest BCUT2D eigenvalue weighted by Crippen LogP contribution is -2.51. The van der Waals surface area contributed by atoms with Gasteiger partial charge in [0.05, 0.1) is 12.5 Å². The highest BCUT2D eigenvalue weighted by Gasteiger charge is 2.59. The van der Waals surface area contributed by atoms with Crippen molar-refractivity contribution in [3.05, 3.63) is 0 Å². The Kier molecular flexibility index (Phi) is 4.51. The summed E-state index contributed by atoms with van der Waals surface area (Å²) >= 11 is 0. The zero-order valence-corrected chi connectivity index (χ0v) is 16.8. The Bertz CT molecular complexity index is 512. The Morgan fingerprint density at radius 2 is 1.88 bits per heavy atom. The standard InChI is InChI=1S/C17H30O6Si/c1-16(2,3)24(6,7)20-9-10-8-19-13-12(11(10)18)21-15-14(13)22-17(4,5)23-15/h10,12-15H,8-9H2,1-7H3/t10-,12+,13+,14+,15+/m0/s1. The van der Waals surface area contributed by atoms with Crippen molar-refractivity contribution in [3.8, 4) is 0 Å². The maximum absolute atomic E-state index is 12.8. The van der Waals surface area contributed by atoms with Gasteiger partial charge in [-0.1, -0.05) is 20.8 Å². The van der Waals surface area contributed by atoms with Crippen molar-refractivity contribution < 1.29 is 28.2 Å². The first-order valence-electron chi connectivity index (χ1n) is 8.72. The Labute approximate surface area is 145 Å². The van der Waals surface area contributed by atoms with Crippen molar-refractivity contribution in [1.29, 1.82) is 0 Å². The number of rotatable bonds is 3. The van der Waals surface area contributed by atoms with Crippen LogP contribution in [0.5, 0.6) is 0 Å². The molecule has 0 radical (unpaired) electrons. The van der Waals surface area contributed by atoms with E-state index in [1.54, 1.807) is 0 Å². The quantitative estimate of drug-likeness (QED) is 0.722. The van der Waals surface area contributed by atoms with Gasteiger partial charge in [0.25, 0.3) is 0 Å². The summed E-state index contributed by atoms with van der Waals surface area (Å²) in [6, 6.07) is 0. The molecule has 3 rings (SSSR count). The van der Waals surface area contributed by atoms with Gasteiger partial charge in [-0.25, -0.2) is 0 Å². The molecule has 3 aliphatic rings. The van der Waals surface area contributed by atoms with E-state index in [9.17, 15) is 4.79 Å². The molecular formula is C17H30O6Si. The van der Waals surface area contributed by atoms with Gasteiger partial charge in [0, 0.05) is 6.61 Å². The van der Waals surface area contributed by atoms with Gasteiger partial charge in [0.1, 0.15) is 18.3 Å². The number of Topliss-reactive ketones (excluding diaryl/α,β-unsaturated/α-hetero) is 1. The van der Waals surface area contributed by atoms with E-state index in [2.05, 4.69) is 33.9 Å². The summed E-state index contributed by atoms with van der Waals surface area (Å²) in [5.74, 6) is -0.939. The van der Waals surface area contributed by atoms with E-state index < -0.39 is 26.5 Å². The molecule has 24 heavy (non-hydrogen) atoms. The molecule has 0 N–H and O–H groups in total. The van der Waals surface area contributed by atoms with Crippen LogP contribution in [0.15, 0.2) is 0 Å². The van der Waals surface area contributed by atoms with Crippen LogP contribution in [0.2, 0.25) is 18.1 Å². The van der Waals surface area contributed by atoms with E-state index in [0.29, 0.717) is 13.2 Å². The largest absolute Gasteiger partial charge is 0.416 e. The molecule has 0 spiro atoms. The van der Waals surface area contributed by atoms with Crippen LogP contribution in [0, 0.1) is 5.92 Å². The summed E-state index contributed by atoms with van der Waals surface area (Å²) in [5.41, 5.74) is 0. The first-order chi connectivity index (χ1) is 10.9. The first kappa shape index (κ1) is 18.5. The molecule has 0 aromatic carbocycles. The van der Waals surface area contributed by atoms with E-state index in [4.69, 9.17) is 23.4 Å². The molecule has 6 nitrogen and oxygen atoms in total. The van der Waals surface area contributed by atoms with Gasteiger partial charge in [0.2, 0.25) is 0 Å². The van der Waals surface area contributed by atoms with Crippen LogP contribution in [0.1, 0.15) is 34.6 Å². The Morgan fingerprint density at radius 1 is 1.21 bits per heavy atom. The number of ketones is 1. The molecular weight excluding hydrogens is 328 g/mol. The lowest BCUT2D eigenvalue weighted by atomic mass is 9.94. The number of hydrogen-bond donors (Lipinski definition) is 0. The number of carbonyl (C=O) groups is 1. The fourth-order valence-electron chi connectivity index (χ4n) is 3.09. The third-order valence-electron chi connectivity index (χ3n) is 5.62. The number of carbonyl (C=O) groups excluding carboxylic acids is 1. The maximum atomic E-state index is 12.8. The van der Waals surface area contributed by atoms with Crippen molar-refractivity contribution in [1.82, 2.24) is 0 Å². The van der Waals surface area contributed by atoms with Crippen LogP contribution in [-0.2, 0) is 28.2 Å². The monoisotopic (exact) mass is 358 g/mol. The van der Waals surface area contributed by atoms with Gasteiger partial charge in [-0.3, -0.25) is 4.79 Å². The lowest BCUT2D eigenvalue weighted by molar-refractivity contribution is -0.225. The highest BCUT2D eigenvalue weighted by Crippen LogP contribution is 2.42. The van der Waals surface area contributed by atoms with E-state index in [0.717, 1.165) is 0 Å². The van der Waals surface area contributed by atoms with Crippen molar-refractivity contribution in [3.63, 3.8) is 0 Å². The summed E-state index contributed by atoms with van der Waals surface area (Å²) in [4.78, 5) is 12.8. The van der Waals surface area contributed by atoms with E-state index >= 15 is 0 Å². The SMILES string of the molecule is CC1(C)O[C@H]2O[C@@H]3C(=O)[C@H](CO[Si](C)(C)C(C)(C)C)CO[C@H]3[C@H]2O1. The highest BCUT2D eigenvalue weighted by atomic mass is 28.4. The summed E-state index contributed by atoms with van der Waals surface area (Å²) in [5, 5.41) is 0.113. The van der Waals surface area contributed by atoms with E-state index in [-0.39, 0.29) is 28.9 Å². The third kappa shape index (κ3) is 3.22. The molecule has 0 amide bonds. The Hall–Kier alpha value is -0.313. The molecule has 3 heterocycles. The van der Waals surface area contributed by atoms with Gasteiger partial charge in [-0.15, -0.1) is 0 Å². The third-order valence-corrected chi connectivity index (χ3v) is 10.1. The average Bonchev–Trinajstić information content (AvgIpc) is 2.89. The van der Waals surface area contributed by atoms with Crippen molar-refractivity contribution in [2.75, 3.05) is 13.2 Å². The predicted octanol–water partition coefficient (Wildman–Crippen LogP) is 2.47. The second kappa shape index (κ2) is 5.86. The van der Waals surface area contributed by atoms with Crippen LogP contribution < -0.4 is 0 Å². The van der Waals surface area contributed by atoms with Gasteiger partial charge in [0.15, 0.2) is 26.2 Å². The highest BCUT2D eigenvalue weighted by molar-refractivity contribution is 6.74. The Balaban J connectivity index is 1.61. The van der Waals surface area contributed by atoms with E-state index in [1.807, 2.05) is 13.8 Å². The van der Waals surface area contributed by atoms with Crippen LogP contribution in [0.3, 0.4) is 0 Å². The molecule has 0 saturated carbocycles. The molecule has 0 unspecified atom stereocenters. The average molecular weight is 359 g/mol. The van der Waals surface area contributed by atoms with Gasteiger partial charge < -0.3 is 23.4 Å². The topological polar surface area (TPSA) is 63.2 Å². The summed E-state index contributed by atoms with van der Waals surface area (Å²) in [6.45, 7) is 15.3. The second-order valence-corrected chi connectivity index (χ2v) is 13.8. The number of hydrogen-bond acceptors (Lipinski definition) is 6. The molecule has 0 aromatic rings. The molecule has 138 valence electrons. The van der Waals surface area contributed by atoms with Crippen molar-refractivity contribution >= 4 is 14.1 Å². The second-order valence-electron chi connectivity index (χ2n) is 8.99. The zero-order chi connectivity index (χ0) is 17.9. The van der Waals surface area contributed by atoms with Gasteiger partial charge >= 0.3 is 0 Å². The van der Waals surface area contributed by atoms with Crippen molar-refractivity contribution in [2.45, 2.75) is 83.1 Å². The number of ether oxygens (including phenoxy) is 4. The molecule has 0 aliphatic carbocycles. The van der Waals surface area contributed by atoms with Crippen molar-refractivity contribution in [2.24, 2.45) is 5.92 Å².